The van der Waals surface area contributed by atoms with E-state index in [2.05, 4.69) is 112 Å². The Bertz CT molecular complexity index is 5910. The Kier molecular flexibility index (Phi) is 20.8. The second-order valence-electron chi connectivity index (χ2n) is 26.4. The van der Waals surface area contributed by atoms with Gasteiger partial charge in [0.2, 0.25) is 11.7 Å². The van der Waals surface area contributed by atoms with Crippen LogP contribution in [0.2, 0.25) is 0 Å². The zero-order valence-corrected chi connectivity index (χ0v) is 60.7. The van der Waals surface area contributed by atoms with Crippen LogP contribution in [0.5, 0.6) is 11.5 Å². The first-order valence-electron chi connectivity index (χ1n) is 33.9. The molecule has 2 aliphatic heterocycles. The summed E-state index contributed by atoms with van der Waals surface area (Å²) in [7, 11) is 3.21. The fourth-order valence-electron chi connectivity index (χ4n) is 11.7. The maximum absolute atomic E-state index is 7.69. The van der Waals surface area contributed by atoms with Gasteiger partial charge in [0, 0.05) is 88.8 Å². The lowest BCUT2D eigenvalue weighted by atomic mass is 10.1. The Morgan fingerprint density at radius 1 is 0.523 bits per heavy atom. The van der Waals surface area contributed by atoms with Crippen LogP contribution in [0.25, 0.3) is 88.3 Å². The van der Waals surface area contributed by atoms with Gasteiger partial charge in [-0.3, -0.25) is 15.4 Å². The van der Waals surface area contributed by atoms with Gasteiger partial charge in [-0.15, -0.1) is 11.3 Å². The molecule has 2 aliphatic rings. The van der Waals surface area contributed by atoms with Gasteiger partial charge in [0.15, 0.2) is 11.5 Å². The van der Waals surface area contributed by atoms with Gasteiger partial charge in [0.25, 0.3) is 5.89 Å². The normalized spacial score (nSPS) is 12.9. The van der Waals surface area contributed by atoms with E-state index in [0.717, 1.165) is 129 Å². The number of para-hydroxylation sites is 3. The molecule has 8 aromatic carbocycles. The maximum atomic E-state index is 7.69. The van der Waals surface area contributed by atoms with Gasteiger partial charge in [-0.2, -0.15) is 10.9 Å². The van der Waals surface area contributed by atoms with Crippen molar-refractivity contribution in [1.29, 1.82) is 10.8 Å². The molecule has 0 fully saturated rings. The van der Waals surface area contributed by atoms with Crippen molar-refractivity contribution in [1.82, 2.24) is 50.7 Å². The van der Waals surface area contributed by atoms with E-state index in [1.54, 1.807) is 62.8 Å². The number of thiazole rings is 1. The average molecular weight is 1430 g/mol. The molecular formula is C84H74N18O4S. The number of benzene rings is 8. The largest absolute Gasteiger partial charge is 0.493 e. The first-order chi connectivity index (χ1) is 51.6. The van der Waals surface area contributed by atoms with E-state index in [9.17, 15) is 0 Å². The number of nitrogen functional groups attached to an aromatic ring is 3. The number of amidine groups is 2. The third kappa shape index (κ3) is 16.8. The van der Waals surface area contributed by atoms with E-state index in [0.29, 0.717) is 69.0 Å². The van der Waals surface area contributed by atoms with E-state index in [1.165, 1.54) is 0 Å². The molecule has 0 saturated carbocycles. The molecule has 0 aliphatic carbocycles. The lowest BCUT2D eigenvalue weighted by Crippen LogP contribution is -2.39. The lowest BCUT2D eigenvalue weighted by molar-refractivity contribution is 0.319. The fourth-order valence-corrected chi connectivity index (χ4v) is 12.6. The molecule has 107 heavy (non-hydrogen) atoms. The number of pyridine rings is 3. The highest BCUT2D eigenvalue weighted by molar-refractivity contribution is 7.13. The first kappa shape index (κ1) is 71.6. The van der Waals surface area contributed by atoms with Gasteiger partial charge < -0.3 is 52.1 Å². The highest BCUT2D eigenvalue weighted by Gasteiger charge is 2.27. The predicted molar refractivity (Wildman–Crippen MR) is 428 cm³/mol. The van der Waals surface area contributed by atoms with Crippen molar-refractivity contribution >= 4 is 95.7 Å². The van der Waals surface area contributed by atoms with Gasteiger partial charge in [-0.1, -0.05) is 126 Å². The summed E-state index contributed by atoms with van der Waals surface area (Å²) in [5.41, 5.74) is 33.1. The number of aliphatic imine (C=N–C) groups is 2. The summed E-state index contributed by atoms with van der Waals surface area (Å²) < 4.78 is 16.2. The standard InChI is InChI=1S/C24H24N4O2.C22H20N4.C20H16N4S.C18H14N6O2/c1-15-26-19(18-12-21(29-4)22(30-5)13-20(18)27-15)11-8-16-6-9-17(10-7-16)23-25-14-24(2,3)28-23;1-22(2)14-24-21(26-22)16-10-7-15(8-11-16)9-12-18-13-17-5-3-4-6-19(17)25-20(18)23;1-12(21)13-6-8-14(9-7-13)18-11-25-20(24-18)16-10-19(22)23-17-5-3-2-4-15(16)17;19-15-9-13(12-3-1-2-4-14(12)22-15)17-23-18(26-24-17)11-7-5-10(6-8-11)16(20)25-21/h6-7,9-10,12-13H,14H2,1-5H3,(H,25,28);3-8,10-11,13H,14H2,1-2H3,(H2,23,25)(H,24,26);2-11,21H,1H3,(H2,22,23);1-9,20H,21H2,(H2,19,22). The number of nitrogens with zero attached hydrogens (tertiary/aromatic N) is 10. The molecular weight excluding hydrogens is 1360 g/mol. The summed E-state index contributed by atoms with van der Waals surface area (Å²) in [6.45, 7) is 13.8. The predicted octanol–water partition coefficient (Wildman–Crippen LogP) is 14.6. The average Bonchev–Trinajstić information content (AvgIpc) is 1.69. The lowest BCUT2D eigenvalue weighted by Gasteiger charge is -2.18. The molecule has 22 nitrogen and oxygen atoms in total. The molecule has 0 unspecified atom stereocenters. The van der Waals surface area contributed by atoms with E-state index < -0.39 is 0 Å². The minimum absolute atomic E-state index is 0.00345. The Balaban J connectivity index is 0.000000126. The zero-order valence-electron chi connectivity index (χ0n) is 59.9. The smallest absolute Gasteiger partial charge is 0.258 e. The third-order valence-corrected chi connectivity index (χ3v) is 18.1. The van der Waals surface area contributed by atoms with Crippen molar-refractivity contribution in [3.05, 3.63) is 256 Å². The van der Waals surface area contributed by atoms with E-state index in [4.69, 9.17) is 52.9 Å². The quantitative estimate of drug-likeness (QED) is 0.0273. The minimum atomic E-state index is -0.124. The van der Waals surface area contributed by atoms with Gasteiger partial charge in [0.05, 0.1) is 71.7 Å². The number of ether oxygens (including phenoxy) is 2. The molecule has 0 saturated heterocycles. The van der Waals surface area contributed by atoms with Crippen molar-refractivity contribution in [3.63, 3.8) is 0 Å². The molecule has 23 heteroatoms. The van der Waals surface area contributed by atoms with Gasteiger partial charge in [0.1, 0.15) is 45.7 Å². The van der Waals surface area contributed by atoms with Gasteiger partial charge >= 0.3 is 0 Å². The Morgan fingerprint density at radius 3 is 1.64 bits per heavy atom. The van der Waals surface area contributed by atoms with Crippen LogP contribution in [-0.2, 0) is 4.84 Å². The number of aromatic nitrogens is 8. The van der Waals surface area contributed by atoms with Crippen LogP contribution in [0.3, 0.4) is 0 Å². The van der Waals surface area contributed by atoms with Crippen LogP contribution >= 0.6 is 11.3 Å². The Labute approximate surface area is 621 Å². The van der Waals surface area contributed by atoms with Crippen LogP contribution in [0.1, 0.15) is 85.1 Å². The molecule has 0 radical (unpaired) electrons. The van der Waals surface area contributed by atoms with Crippen LogP contribution in [0.4, 0.5) is 17.5 Å². The first-order valence-corrected chi connectivity index (χ1v) is 34.8. The maximum Gasteiger partial charge on any atom is 0.258 e. The van der Waals surface area contributed by atoms with Crippen molar-refractivity contribution in [2.45, 2.75) is 52.6 Å². The van der Waals surface area contributed by atoms with Crippen molar-refractivity contribution in [2.75, 3.05) is 44.5 Å². The van der Waals surface area contributed by atoms with Crippen molar-refractivity contribution in [2.24, 2.45) is 15.9 Å². The number of fused-ring (bicyclic) bond motifs is 4. The van der Waals surface area contributed by atoms with E-state index in [-0.39, 0.29) is 17.0 Å². The van der Waals surface area contributed by atoms with Crippen molar-refractivity contribution in [3.8, 4) is 79.9 Å². The van der Waals surface area contributed by atoms with Crippen LogP contribution < -0.4 is 43.2 Å². The topological polar surface area (TPSA) is 345 Å². The molecule has 0 bridgehead atoms. The van der Waals surface area contributed by atoms with E-state index in [1.807, 2.05) is 182 Å². The second-order valence-corrected chi connectivity index (χ2v) is 27.2. The number of anilines is 3. The fraction of sp³-hybridized carbons (Fsp3) is 0.143. The highest BCUT2D eigenvalue weighted by atomic mass is 32.1. The highest BCUT2D eigenvalue weighted by Crippen LogP contribution is 2.36. The number of nitrogens with two attached hydrogens (primary N) is 4. The summed E-state index contributed by atoms with van der Waals surface area (Å²) in [5, 5.41) is 33.0. The number of hydrogen-bond acceptors (Lipinski definition) is 23. The molecule has 12 N–H and O–H groups in total. The Hall–Kier alpha value is -13.7. The number of methoxy groups -OCH3 is 2. The minimum Gasteiger partial charge on any atom is -0.493 e. The molecule has 8 heterocycles. The monoisotopic (exact) mass is 1430 g/mol. The molecule has 16 rings (SSSR count). The zero-order chi connectivity index (χ0) is 74.9. The van der Waals surface area contributed by atoms with Gasteiger partial charge in [-0.25, -0.2) is 29.9 Å². The Morgan fingerprint density at radius 2 is 1.06 bits per heavy atom. The van der Waals surface area contributed by atoms with Crippen LogP contribution in [-0.4, -0.2) is 102 Å². The summed E-state index contributed by atoms with van der Waals surface area (Å²) >= 11 is 1.59. The van der Waals surface area contributed by atoms with E-state index >= 15 is 0 Å². The number of hydrogen-bond donors (Lipinski definition) is 8. The summed E-state index contributed by atoms with van der Waals surface area (Å²) in [5.74, 6) is 23.5. The summed E-state index contributed by atoms with van der Waals surface area (Å²) in [4.78, 5) is 45.0. The summed E-state index contributed by atoms with van der Waals surface area (Å²) in [6, 6.07) is 63.7. The molecule has 530 valence electrons. The molecule has 6 aromatic heterocycles. The SMILES string of the molecule is CC(=N)c1ccc(-c2csc(-c3cc(N)nc4ccccc34)n2)cc1.CC1(C)CN=C(c2ccc(C#Cc3cc4ccccc4nc3N)cc2)N1.COc1cc2nc(C)nc(C#Cc3ccc(C4=NCC(C)(C)N4)cc3)c2cc1OC.N=C(ON)c1ccc(-c2nc(-c3cc(N)nc4ccccc34)no2)cc1. The molecule has 0 atom stereocenters. The molecule has 14 aromatic rings. The van der Waals surface area contributed by atoms with Crippen LogP contribution in [0, 0.1) is 41.4 Å². The molecule has 0 amide bonds. The van der Waals surface area contributed by atoms with Crippen molar-refractivity contribution < 1.29 is 18.8 Å². The summed E-state index contributed by atoms with van der Waals surface area (Å²) in [6.07, 6.45) is 0. The van der Waals surface area contributed by atoms with Crippen LogP contribution in [0.15, 0.2) is 220 Å². The number of nitrogens with one attached hydrogen (secondary N) is 4. The van der Waals surface area contributed by atoms with Gasteiger partial charge in [-0.05, 0) is 144 Å². The third-order valence-electron chi connectivity index (χ3n) is 17.2. The molecule has 0 spiro atoms. The second kappa shape index (κ2) is 31.1. The number of rotatable bonds is 10. The number of aryl methyl sites for hydroxylation is 1.